The van der Waals surface area contributed by atoms with Crippen LogP contribution < -0.4 is 0 Å². The van der Waals surface area contributed by atoms with Gasteiger partial charge in [0.1, 0.15) is 0 Å². The number of carbonyl (C=O) groups excluding carboxylic acids is 2. The van der Waals surface area contributed by atoms with Crippen molar-refractivity contribution in [1.82, 2.24) is 14.4 Å². The van der Waals surface area contributed by atoms with Crippen molar-refractivity contribution >= 4 is 11.7 Å². The summed E-state index contributed by atoms with van der Waals surface area (Å²) >= 11 is 0. The summed E-state index contributed by atoms with van der Waals surface area (Å²) in [6.45, 7) is 16.1. The van der Waals surface area contributed by atoms with Crippen LogP contribution in [0.3, 0.4) is 0 Å². The first kappa shape index (κ1) is 24.2. The maximum atomic E-state index is 13.0. The molecule has 174 valence electrons. The van der Waals surface area contributed by atoms with Gasteiger partial charge in [0.25, 0.3) is 0 Å². The van der Waals surface area contributed by atoms with Gasteiger partial charge in [0, 0.05) is 55.1 Å². The maximum Gasteiger partial charge on any atom is 0.222 e. The number of hydrogen-bond donors (Lipinski definition) is 0. The Morgan fingerprint density at radius 1 is 0.938 bits per heavy atom. The molecule has 2 heterocycles. The lowest BCUT2D eigenvalue weighted by Gasteiger charge is -2.34. The quantitative estimate of drug-likeness (QED) is 0.604. The molecule has 1 fully saturated rings. The number of aryl methyl sites for hydroxylation is 3. The van der Waals surface area contributed by atoms with Crippen LogP contribution in [0.1, 0.15) is 67.0 Å². The molecule has 0 radical (unpaired) electrons. The number of ketones is 1. The topological polar surface area (TPSA) is 45.6 Å². The van der Waals surface area contributed by atoms with Crippen LogP contribution in [-0.4, -0.2) is 58.8 Å². The summed E-state index contributed by atoms with van der Waals surface area (Å²) in [6.07, 6.45) is 2.36. The number of nitrogens with zero attached hydrogens (tertiary/aromatic N) is 3. The van der Waals surface area contributed by atoms with Gasteiger partial charge < -0.3 is 9.47 Å². The van der Waals surface area contributed by atoms with E-state index in [1.807, 2.05) is 17.9 Å². The van der Waals surface area contributed by atoms with E-state index in [2.05, 4.69) is 68.4 Å². The van der Waals surface area contributed by atoms with Gasteiger partial charge in [0.15, 0.2) is 5.78 Å². The van der Waals surface area contributed by atoms with Crippen molar-refractivity contribution in [2.24, 2.45) is 0 Å². The van der Waals surface area contributed by atoms with Crippen LogP contribution in [0, 0.1) is 13.8 Å². The van der Waals surface area contributed by atoms with Crippen molar-refractivity contribution in [3.63, 3.8) is 0 Å². The Morgan fingerprint density at radius 2 is 1.53 bits per heavy atom. The molecule has 0 N–H and O–H groups in total. The van der Waals surface area contributed by atoms with Gasteiger partial charge in [-0.2, -0.15) is 0 Å². The van der Waals surface area contributed by atoms with Gasteiger partial charge in [-0.25, -0.2) is 0 Å². The van der Waals surface area contributed by atoms with E-state index < -0.39 is 0 Å². The predicted molar refractivity (Wildman–Crippen MR) is 130 cm³/mol. The number of piperazine rings is 1. The van der Waals surface area contributed by atoms with E-state index in [1.165, 1.54) is 11.1 Å². The molecule has 3 rings (SSSR count). The molecule has 1 aliphatic rings. The summed E-state index contributed by atoms with van der Waals surface area (Å²) in [4.78, 5) is 29.8. The Labute approximate surface area is 193 Å². The van der Waals surface area contributed by atoms with Crippen molar-refractivity contribution in [1.29, 1.82) is 0 Å². The predicted octanol–water partition coefficient (Wildman–Crippen LogP) is 4.38. The van der Waals surface area contributed by atoms with Gasteiger partial charge in [-0.3, -0.25) is 14.5 Å². The third-order valence-electron chi connectivity index (χ3n) is 6.55. The van der Waals surface area contributed by atoms with E-state index >= 15 is 0 Å². The van der Waals surface area contributed by atoms with Crippen LogP contribution >= 0.6 is 0 Å². The zero-order chi connectivity index (χ0) is 23.5. The van der Waals surface area contributed by atoms with E-state index in [4.69, 9.17) is 0 Å². The molecular formula is C27H39N3O2. The smallest absolute Gasteiger partial charge is 0.222 e. The first-order valence-electron chi connectivity index (χ1n) is 11.9. The van der Waals surface area contributed by atoms with E-state index in [-0.39, 0.29) is 17.2 Å². The highest BCUT2D eigenvalue weighted by atomic mass is 16.2. The summed E-state index contributed by atoms with van der Waals surface area (Å²) in [7, 11) is 0. The molecular weight excluding hydrogens is 398 g/mol. The summed E-state index contributed by atoms with van der Waals surface area (Å²) in [5.41, 5.74) is 5.49. The summed E-state index contributed by atoms with van der Waals surface area (Å²) < 4.78 is 2.24. The lowest BCUT2D eigenvalue weighted by Crippen LogP contribution is -2.50. The molecule has 1 aromatic heterocycles. The summed E-state index contributed by atoms with van der Waals surface area (Å²) in [5.74, 6) is 0.383. The van der Waals surface area contributed by atoms with Crippen molar-refractivity contribution < 1.29 is 9.59 Å². The molecule has 5 nitrogen and oxygen atoms in total. The number of Topliss-reactive ketones (excluding diaryl/α,β-unsaturated/α-hetero) is 1. The van der Waals surface area contributed by atoms with Gasteiger partial charge in [-0.1, -0.05) is 31.2 Å². The SMILES string of the molecule is CCc1ccc(CCC(=O)N2CCN(CC(=O)c3cc(C)n(C(C)(C)C)c3C)CC2)cc1. The zero-order valence-corrected chi connectivity index (χ0v) is 20.7. The van der Waals surface area contributed by atoms with Gasteiger partial charge in [-0.05, 0) is 64.7 Å². The lowest BCUT2D eigenvalue weighted by molar-refractivity contribution is -0.132. The third kappa shape index (κ3) is 5.69. The fourth-order valence-corrected chi connectivity index (χ4v) is 4.87. The van der Waals surface area contributed by atoms with Gasteiger partial charge >= 0.3 is 0 Å². The van der Waals surface area contributed by atoms with Crippen LogP contribution in [0.4, 0.5) is 0 Å². The van der Waals surface area contributed by atoms with E-state index in [9.17, 15) is 9.59 Å². The minimum atomic E-state index is -0.0449. The number of aromatic nitrogens is 1. The van der Waals surface area contributed by atoms with Crippen molar-refractivity contribution in [3.8, 4) is 0 Å². The molecule has 32 heavy (non-hydrogen) atoms. The molecule has 0 unspecified atom stereocenters. The molecule has 0 atom stereocenters. The molecule has 0 bridgehead atoms. The highest BCUT2D eigenvalue weighted by Gasteiger charge is 2.26. The van der Waals surface area contributed by atoms with Crippen molar-refractivity contribution in [2.75, 3.05) is 32.7 Å². The normalized spacial score (nSPS) is 15.2. The molecule has 1 aromatic carbocycles. The first-order chi connectivity index (χ1) is 15.1. The number of hydrogen-bond acceptors (Lipinski definition) is 3. The fraction of sp³-hybridized carbons (Fsp3) is 0.556. The van der Waals surface area contributed by atoms with Crippen molar-refractivity contribution in [3.05, 3.63) is 58.4 Å². The van der Waals surface area contributed by atoms with Crippen LogP contribution in [0.5, 0.6) is 0 Å². The number of rotatable bonds is 7. The van der Waals surface area contributed by atoms with Crippen LogP contribution in [0.25, 0.3) is 0 Å². The largest absolute Gasteiger partial charge is 0.343 e. The monoisotopic (exact) mass is 437 g/mol. The second kappa shape index (κ2) is 10.0. The molecule has 1 amide bonds. The molecule has 1 saturated heterocycles. The molecule has 0 aliphatic carbocycles. The van der Waals surface area contributed by atoms with E-state index in [0.717, 1.165) is 42.9 Å². The molecule has 2 aromatic rings. The number of carbonyl (C=O) groups is 2. The van der Waals surface area contributed by atoms with E-state index in [0.29, 0.717) is 26.1 Å². The molecule has 0 saturated carbocycles. The molecule has 0 spiro atoms. The number of amides is 1. The average Bonchev–Trinajstić information content (AvgIpc) is 3.07. The Morgan fingerprint density at radius 3 is 2.06 bits per heavy atom. The van der Waals surface area contributed by atoms with Crippen LogP contribution in [0.15, 0.2) is 30.3 Å². The van der Waals surface area contributed by atoms with Crippen LogP contribution in [0.2, 0.25) is 0 Å². The van der Waals surface area contributed by atoms with Gasteiger partial charge in [-0.15, -0.1) is 0 Å². The van der Waals surface area contributed by atoms with Crippen LogP contribution in [-0.2, 0) is 23.2 Å². The van der Waals surface area contributed by atoms with Gasteiger partial charge in [0.2, 0.25) is 5.91 Å². The molecule has 1 aliphatic heterocycles. The standard InChI is InChI=1S/C27H39N3O2/c1-7-22-8-10-23(11-9-22)12-13-26(32)29-16-14-28(15-17-29)19-25(31)24-18-20(2)30(21(24)3)27(4,5)6/h8-11,18H,7,12-17,19H2,1-6H3. The highest BCUT2D eigenvalue weighted by Crippen LogP contribution is 2.25. The van der Waals surface area contributed by atoms with E-state index in [1.54, 1.807) is 0 Å². The molecule has 5 heteroatoms. The Balaban J connectivity index is 1.49. The second-order valence-corrected chi connectivity index (χ2v) is 10.0. The lowest BCUT2D eigenvalue weighted by atomic mass is 10.1. The second-order valence-electron chi connectivity index (χ2n) is 10.0. The Bertz CT molecular complexity index is 943. The Kier molecular flexibility index (Phi) is 7.60. The van der Waals surface area contributed by atoms with Crippen molar-refractivity contribution in [2.45, 2.75) is 66.3 Å². The summed E-state index contributed by atoms with van der Waals surface area (Å²) in [5, 5.41) is 0. The summed E-state index contributed by atoms with van der Waals surface area (Å²) in [6, 6.07) is 10.6. The minimum Gasteiger partial charge on any atom is -0.343 e. The zero-order valence-electron chi connectivity index (χ0n) is 20.7. The first-order valence-corrected chi connectivity index (χ1v) is 11.9. The highest BCUT2D eigenvalue weighted by molar-refractivity contribution is 5.99. The van der Waals surface area contributed by atoms with Gasteiger partial charge in [0.05, 0.1) is 6.54 Å². The fourth-order valence-electron chi connectivity index (χ4n) is 4.87. The minimum absolute atomic E-state index is 0.0449. The number of benzene rings is 1. The third-order valence-corrected chi connectivity index (χ3v) is 6.55. The average molecular weight is 438 g/mol. The Hall–Kier alpha value is -2.40. The maximum absolute atomic E-state index is 13.0.